The van der Waals surface area contributed by atoms with Crippen molar-refractivity contribution in [1.82, 2.24) is 9.97 Å². The monoisotopic (exact) mass is 264 g/mol. The van der Waals surface area contributed by atoms with Crippen molar-refractivity contribution < 1.29 is 9.31 Å². The fourth-order valence-corrected chi connectivity index (χ4v) is 1.67. The Kier molecular flexibility index (Phi) is 4.07. The van der Waals surface area contributed by atoms with Crippen LogP contribution in [0.4, 0.5) is 15.8 Å². The number of halogens is 1. The third kappa shape index (κ3) is 3.51. The summed E-state index contributed by atoms with van der Waals surface area (Å²) < 4.78 is 13.5. The Morgan fingerprint density at radius 3 is 2.95 bits per heavy atom. The van der Waals surface area contributed by atoms with Crippen LogP contribution in [-0.2, 0) is 6.42 Å². The summed E-state index contributed by atoms with van der Waals surface area (Å²) in [6.45, 7) is 0.565. The summed E-state index contributed by atoms with van der Waals surface area (Å²) >= 11 is 0. The van der Waals surface area contributed by atoms with Crippen LogP contribution in [0.3, 0.4) is 0 Å². The van der Waals surface area contributed by atoms with Crippen molar-refractivity contribution >= 4 is 11.4 Å². The summed E-state index contributed by atoms with van der Waals surface area (Å²) in [6.07, 6.45) is 4.97. The number of benzene rings is 1. The third-order valence-electron chi connectivity index (χ3n) is 2.62. The standard InChI is InChI=1S/C12H13FN4O2/c13-10-8-9(17(18)19)3-4-11(10)14-5-1-2-12-15-6-7-16-12/h3-4,6-8,14H,1-2,5H2,(H,15,16). The molecule has 0 bridgehead atoms. The molecule has 0 saturated heterocycles. The van der Waals surface area contributed by atoms with Gasteiger partial charge in [0.2, 0.25) is 0 Å². The van der Waals surface area contributed by atoms with E-state index < -0.39 is 10.7 Å². The van der Waals surface area contributed by atoms with E-state index in [1.54, 1.807) is 12.4 Å². The quantitative estimate of drug-likeness (QED) is 0.477. The smallest absolute Gasteiger partial charge is 0.272 e. The van der Waals surface area contributed by atoms with Gasteiger partial charge in [0.15, 0.2) is 5.82 Å². The van der Waals surface area contributed by atoms with Crippen LogP contribution in [-0.4, -0.2) is 21.4 Å². The minimum Gasteiger partial charge on any atom is -0.383 e. The topological polar surface area (TPSA) is 83.8 Å². The molecule has 19 heavy (non-hydrogen) atoms. The van der Waals surface area contributed by atoms with Gasteiger partial charge in [0.1, 0.15) is 5.82 Å². The van der Waals surface area contributed by atoms with Crippen molar-refractivity contribution in [2.24, 2.45) is 0 Å². The van der Waals surface area contributed by atoms with E-state index in [0.717, 1.165) is 24.7 Å². The van der Waals surface area contributed by atoms with Crippen LogP contribution in [0.15, 0.2) is 30.6 Å². The fraction of sp³-hybridized carbons (Fsp3) is 0.250. The number of anilines is 1. The first-order valence-electron chi connectivity index (χ1n) is 5.83. The first-order chi connectivity index (χ1) is 9.16. The largest absolute Gasteiger partial charge is 0.383 e. The molecule has 2 N–H and O–H groups in total. The van der Waals surface area contributed by atoms with Crippen LogP contribution in [0, 0.1) is 15.9 Å². The summed E-state index contributed by atoms with van der Waals surface area (Å²) in [5.74, 6) is 0.262. The normalized spacial score (nSPS) is 10.4. The summed E-state index contributed by atoms with van der Waals surface area (Å²) in [5, 5.41) is 13.4. The molecule has 0 aliphatic rings. The molecule has 0 aliphatic heterocycles. The number of hydrogen-bond donors (Lipinski definition) is 2. The lowest BCUT2D eigenvalue weighted by Gasteiger charge is -2.06. The van der Waals surface area contributed by atoms with Gasteiger partial charge in [0, 0.05) is 31.4 Å². The molecule has 0 saturated carbocycles. The SMILES string of the molecule is O=[N+]([O-])c1ccc(NCCCc2ncc[nH]2)c(F)c1. The van der Waals surface area contributed by atoms with Gasteiger partial charge in [-0.15, -0.1) is 0 Å². The maximum Gasteiger partial charge on any atom is 0.272 e. The van der Waals surface area contributed by atoms with Crippen LogP contribution < -0.4 is 5.32 Å². The van der Waals surface area contributed by atoms with Gasteiger partial charge in [-0.1, -0.05) is 0 Å². The van der Waals surface area contributed by atoms with E-state index in [2.05, 4.69) is 15.3 Å². The molecule has 100 valence electrons. The van der Waals surface area contributed by atoms with Gasteiger partial charge in [-0.05, 0) is 12.5 Å². The van der Waals surface area contributed by atoms with Crippen LogP contribution in [0.2, 0.25) is 0 Å². The number of H-pyrrole nitrogens is 1. The number of imidazole rings is 1. The van der Waals surface area contributed by atoms with Gasteiger partial charge in [-0.3, -0.25) is 10.1 Å². The number of aromatic nitrogens is 2. The van der Waals surface area contributed by atoms with Crippen molar-refractivity contribution in [3.05, 3.63) is 52.3 Å². The maximum atomic E-state index is 13.5. The first-order valence-corrected chi connectivity index (χ1v) is 5.83. The minimum atomic E-state index is -0.621. The highest BCUT2D eigenvalue weighted by molar-refractivity contribution is 5.50. The molecule has 0 amide bonds. The molecule has 1 aromatic carbocycles. The van der Waals surface area contributed by atoms with E-state index in [9.17, 15) is 14.5 Å². The minimum absolute atomic E-state index is 0.251. The number of aromatic amines is 1. The first kappa shape index (κ1) is 13.0. The van der Waals surface area contributed by atoms with Crippen molar-refractivity contribution in [3.63, 3.8) is 0 Å². The van der Waals surface area contributed by atoms with E-state index in [4.69, 9.17) is 0 Å². The Morgan fingerprint density at radius 2 is 2.32 bits per heavy atom. The lowest BCUT2D eigenvalue weighted by Crippen LogP contribution is -2.05. The lowest BCUT2D eigenvalue weighted by atomic mass is 10.2. The molecule has 7 heteroatoms. The van der Waals surface area contributed by atoms with Gasteiger partial charge in [-0.2, -0.15) is 0 Å². The molecule has 0 aliphatic carbocycles. The molecule has 0 unspecified atom stereocenters. The van der Waals surface area contributed by atoms with Crippen molar-refractivity contribution in [2.45, 2.75) is 12.8 Å². The van der Waals surface area contributed by atoms with E-state index in [1.165, 1.54) is 12.1 Å². The van der Waals surface area contributed by atoms with Gasteiger partial charge in [0.05, 0.1) is 16.7 Å². The second-order valence-corrected chi connectivity index (χ2v) is 3.99. The number of non-ortho nitro benzene ring substituents is 1. The highest BCUT2D eigenvalue weighted by Gasteiger charge is 2.10. The second kappa shape index (κ2) is 5.94. The van der Waals surface area contributed by atoms with Crippen LogP contribution in [0.5, 0.6) is 0 Å². The predicted molar refractivity (Wildman–Crippen MR) is 68.5 cm³/mol. The summed E-state index contributed by atoms with van der Waals surface area (Å²) in [4.78, 5) is 16.9. The molecule has 0 atom stereocenters. The summed E-state index contributed by atoms with van der Waals surface area (Å²) in [6, 6.07) is 3.56. The van der Waals surface area contributed by atoms with Crippen LogP contribution in [0.1, 0.15) is 12.2 Å². The lowest BCUT2D eigenvalue weighted by molar-refractivity contribution is -0.385. The highest BCUT2D eigenvalue weighted by Crippen LogP contribution is 2.20. The van der Waals surface area contributed by atoms with E-state index >= 15 is 0 Å². The number of rotatable bonds is 6. The molecular formula is C12H13FN4O2. The number of nitro groups is 1. The highest BCUT2D eigenvalue weighted by atomic mass is 19.1. The van der Waals surface area contributed by atoms with Gasteiger partial charge in [0.25, 0.3) is 5.69 Å². The zero-order chi connectivity index (χ0) is 13.7. The number of nitro benzene ring substituents is 1. The molecule has 0 fully saturated rings. The molecule has 2 aromatic rings. The Balaban J connectivity index is 1.84. The number of aryl methyl sites for hydroxylation is 1. The summed E-state index contributed by atoms with van der Waals surface area (Å²) in [5.41, 5.74) is 0.0173. The molecular weight excluding hydrogens is 251 g/mol. The van der Waals surface area contributed by atoms with Gasteiger partial charge < -0.3 is 10.3 Å². The van der Waals surface area contributed by atoms with Gasteiger partial charge in [-0.25, -0.2) is 9.37 Å². The van der Waals surface area contributed by atoms with Crippen molar-refractivity contribution in [2.75, 3.05) is 11.9 Å². The Bertz CT molecular complexity index is 557. The van der Waals surface area contributed by atoms with Crippen molar-refractivity contribution in [1.29, 1.82) is 0 Å². The van der Waals surface area contributed by atoms with E-state index in [-0.39, 0.29) is 11.4 Å². The van der Waals surface area contributed by atoms with Crippen LogP contribution in [0.25, 0.3) is 0 Å². The number of nitrogens with one attached hydrogen (secondary N) is 2. The zero-order valence-electron chi connectivity index (χ0n) is 10.1. The molecule has 6 nitrogen and oxygen atoms in total. The predicted octanol–water partition coefficient (Wildman–Crippen LogP) is 2.50. The summed E-state index contributed by atoms with van der Waals surface area (Å²) in [7, 11) is 0. The van der Waals surface area contributed by atoms with Crippen LogP contribution >= 0.6 is 0 Å². The third-order valence-corrected chi connectivity index (χ3v) is 2.62. The fourth-order valence-electron chi connectivity index (χ4n) is 1.67. The molecule has 2 rings (SSSR count). The number of nitrogens with zero attached hydrogens (tertiary/aromatic N) is 2. The van der Waals surface area contributed by atoms with Crippen molar-refractivity contribution in [3.8, 4) is 0 Å². The molecule has 0 spiro atoms. The Hall–Kier alpha value is -2.44. The van der Waals surface area contributed by atoms with E-state index in [0.29, 0.717) is 6.54 Å². The number of hydrogen-bond acceptors (Lipinski definition) is 4. The molecule has 1 heterocycles. The Morgan fingerprint density at radius 1 is 1.47 bits per heavy atom. The average Bonchev–Trinajstić information content (AvgIpc) is 2.89. The molecule has 0 radical (unpaired) electrons. The maximum absolute atomic E-state index is 13.5. The van der Waals surface area contributed by atoms with E-state index in [1.807, 2.05) is 0 Å². The second-order valence-electron chi connectivity index (χ2n) is 3.99. The average molecular weight is 264 g/mol. The molecule has 1 aromatic heterocycles. The Labute approximate surface area is 108 Å². The zero-order valence-corrected chi connectivity index (χ0v) is 10.1. The van der Waals surface area contributed by atoms with Gasteiger partial charge >= 0.3 is 0 Å².